The van der Waals surface area contributed by atoms with Gasteiger partial charge in [-0.25, -0.2) is 8.42 Å². The molecule has 0 bridgehead atoms. The Labute approximate surface area is 201 Å². The number of anilines is 1. The smallest absolute Gasteiger partial charge is 0.243 e. The lowest BCUT2D eigenvalue weighted by atomic mass is 10.2. The van der Waals surface area contributed by atoms with Gasteiger partial charge in [-0.3, -0.25) is 4.79 Å². The summed E-state index contributed by atoms with van der Waals surface area (Å²) in [5.74, 6) is 0.599. The van der Waals surface area contributed by atoms with Gasteiger partial charge in [-0.1, -0.05) is 35.3 Å². The van der Waals surface area contributed by atoms with Crippen LogP contribution in [0.3, 0.4) is 0 Å². The SMILES string of the molecule is O=C(CN(Cc1cccc(Cl)c1)S(=O)(=O)c1ccc(Cl)cc1)Nc1ccc2c(c1)OCCO2. The molecule has 0 aliphatic carbocycles. The highest BCUT2D eigenvalue weighted by molar-refractivity contribution is 7.89. The van der Waals surface area contributed by atoms with Crippen molar-refractivity contribution in [1.82, 2.24) is 4.31 Å². The Morgan fingerprint density at radius 3 is 2.36 bits per heavy atom. The van der Waals surface area contributed by atoms with E-state index >= 15 is 0 Å². The molecule has 0 aromatic heterocycles. The minimum absolute atomic E-state index is 0.0288. The van der Waals surface area contributed by atoms with E-state index in [9.17, 15) is 13.2 Å². The summed E-state index contributed by atoms with van der Waals surface area (Å²) in [6, 6.07) is 17.6. The molecule has 172 valence electrons. The molecule has 0 radical (unpaired) electrons. The van der Waals surface area contributed by atoms with Crippen molar-refractivity contribution in [3.05, 3.63) is 82.3 Å². The van der Waals surface area contributed by atoms with Gasteiger partial charge in [-0.15, -0.1) is 0 Å². The molecule has 0 saturated heterocycles. The van der Waals surface area contributed by atoms with E-state index < -0.39 is 22.5 Å². The molecule has 0 spiro atoms. The Morgan fingerprint density at radius 1 is 0.909 bits per heavy atom. The third kappa shape index (κ3) is 5.78. The number of hydrogen-bond donors (Lipinski definition) is 1. The van der Waals surface area contributed by atoms with Gasteiger partial charge in [0.2, 0.25) is 15.9 Å². The molecule has 0 saturated carbocycles. The predicted octanol–water partition coefficient (Wildman–Crippen LogP) is 4.59. The highest BCUT2D eigenvalue weighted by Gasteiger charge is 2.27. The number of halogens is 2. The molecule has 1 aliphatic heterocycles. The van der Waals surface area contributed by atoms with Crippen LogP contribution in [0, 0.1) is 0 Å². The molecule has 0 fully saturated rings. The maximum absolute atomic E-state index is 13.3. The van der Waals surface area contributed by atoms with Crippen molar-refractivity contribution in [2.45, 2.75) is 11.4 Å². The van der Waals surface area contributed by atoms with Crippen molar-refractivity contribution in [2.24, 2.45) is 0 Å². The number of benzene rings is 3. The number of sulfonamides is 1. The minimum atomic E-state index is -4.00. The molecule has 1 aliphatic rings. The van der Waals surface area contributed by atoms with Crippen molar-refractivity contribution in [1.29, 1.82) is 0 Å². The molecule has 1 amide bonds. The average Bonchev–Trinajstić information content (AvgIpc) is 2.79. The van der Waals surface area contributed by atoms with E-state index in [4.69, 9.17) is 32.7 Å². The average molecular weight is 507 g/mol. The summed E-state index contributed by atoms with van der Waals surface area (Å²) in [6.07, 6.45) is 0. The zero-order chi connectivity index (χ0) is 23.4. The molecule has 33 heavy (non-hydrogen) atoms. The van der Waals surface area contributed by atoms with Crippen molar-refractivity contribution in [3.8, 4) is 11.5 Å². The van der Waals surface area contributed by atoms with Crippen LogP contribution in [-0.2, 0) is 21.4 Å². The highest BCUT2D eigenvalue weighted by Crippen LogP contribution is 2.32. The van der Waals surface area contributed by atoms with Crippen LogP contribution in [0.4, 0.5) is 5.69 Å². The summed E-state index contributed by atoms with van der Waals surface area (Å²) in [4.78, 5) is 12.9. The first kappa shape index (κ1) is 23.4. The van der Waals surface area contributed by atoms with Crippen LogP contribution in [0.25, 0.3) is 0 Å². The second-order valence-electron chi connectivity index (χ2n) is 7.26. The van der Waals surface area contributed by atoms with Crippen molar-refractivity contribution in [2.75, 3.05) is 25.1 Å². The van der Waals surface area contributed by atoms with E-state index in [-0.39, 0.29) is 11.4 Å². The first-order chi connectivity index (χ1) is 15.8. The number of nitrogens with one attached hydrogen (secondary N) is 1. The summed E-state index contributed by atoms with van der Waals surface area (Å²) in [7, 11) is -4.00. The minimum Gasteiger partial charge on any atom is -0.486 e. The largest absolute Gasteiger partial charge is 0.486 e. The van der Waals surface area contributed by atoms with E-state index in [2.05, 4.69) is 5.32 Å². The number of amides is 1. The molecule has 3 aromatic rings. The van der Waals surface area contributed by atoms with Gasteiger partial charge in [0.15, 0.2) is 11.5 Å². The Balaban J connectivity index is 1.57. The lowest BCUT2D eigenvalue weighted by molar-refractivity contribution is -0.116. The lowest BCUT2D eigenvalue weighted by Gasteiger charge is -2.23. The highest BCUT2D eigenvalue weighted by atomic mass is 35.5. The second kappa shape index (κ2) is 10.0. The Morgan fingerprint density at radius 2 is 1.64 bits per heavy atom. The molecule has 7 nitrogen and oxygen atoms in total. The third-order valence-corrected chi connectivity index (χ3v) is 7.14. The topological polar surface area (TPSA) is 84.9 Å². The van der Waals surface area contributed by atoms with E-state index in [1.54, 1.807) is 42.5 Å². The van der Waals surface area contributed by atoms with Gasteiger partial charge in [0.25, 0.3) is 0 Å². The van der Waals surface area contributed by atoms with Crippen LogP contribution >= 0.6 is 23.2 Å². The van der Waals surface area contributed by atoms with Gasteiger partial charge in [-0.05, 0) is 54.1 Å². The number of nitrogens with zero attached hydrogens (tertiary/aromatic N) is 1. The summed E-state index contributed by atoms with van der Waals surface area (Å²) in [5.41, 5.74) is 1.11. The van der Waals surface area contributed by atoms with Crippen LogP contribution < -0.4 is 14.8 Å². The molecule has 4 rings (SSSR count). The van der Waals surface area contributed by atoms with Crippen molar-refractivity contribution < 1.29 is 22.7 Å². The quantitative estimate of drug-likeness (QED) is 0.506. The fraction of sp³-hybridized carbons (Fsp3) is 0.174. The first-order valence-electron chi connectivity index (χ1n) is 10.0. The van der Waals surface area contributed by atoms with Gasteiger partial charge in [0, 0.05) is 28.3 Å². The molecule has 0 unspecified atom stereocenters. The Bertz CT molecular complexity index is 1270. The predicted molar refractivity (Wildman–Crippen MR) is 127 cm³/mol. The molecule has 1 heterocycles. The third-order valence-electron chi connectivity index (χ3n) is 4.85. The van der Waals surface area contributed by atoms with Gasteiger partial charge < -0.3 is 14.8 Å². The maximum atomic E-state index is 13.3. The molecule has 10 heteroatoms. The van der Waals surface area contributed by atoms with Crippen LogP contribution in [-0.4, -0.2) is 38.4 Å². The normalized spacial score (nSPS) is 13.1. The molecule has 0 atom stereocenters. The maximum Gasteiger partial charge on any atom is 0.243 e. The standard InChI is InChI=1S/C23H20Cl2N2O5S/c24-17-4-7-20(8-5-17)33(29,30)27(14-16-2-1-3-18(25)12-16)15-23(28)26-19-6-9-21-22(13-19)32-11-10-31-21/h1-9,12-13H,10-11,14-15H2,(H,26,28). The summed E-state index contributed by atoms with van der Waals surface area (Å²) in [5, 5.41) is 3.60. The van der Waals surface area contributed by atoms with E-state index in [1.165, 1.54) is 24.3 Å². The van der Waals surface area contributed by atoms with Gasteiger partial charge in [-0.2, -0.15) is 4.31 Å². The van der Waals surface area contributed by atoms with Crippen LogP contribution in [0.15, 0.2) is 71.6 Å². The summed E-state index contributed by atoms with van der Waals surface area (Å²) < 4.78 is 38.8. The van der Waals surface area contributed by atoms with E-state index in [1.807, 2.05) is 0 Å². The zero-order valence-corrected chi connectivity index (χ0v) is 19.7. The monoisotopic (exact) mass is 506 g/mol. The molecular formula is C23H20Cl2N2O5S. The molecule has 1 N–H and O–H groups in total. The van der Waals surface area contributed by atoms with Gasteiger partial charge in [0.05, 0.1) is 11.4 Å². The van der Waals surface area contributed by atoms with Crippen LogP contribution in [0.1, 0.15) is 5.56 Å². The number of rotatable bonds is 7. The van der Waals surface area contributed by atoms with Crippen LogP contribution in [0.5, 0.6) is 11.5 Å². The Kier molecular flexibility index (Phi) is 7.09. The summed E-state index contributed by atoms with van der Waals surface area (Å²) >= 11 is 12.0. The van der Waals surface area contributed by atoms with E-state index in [0.29, 0.717) is 46.0 Å². The number of fused-ring (bicyclic) bond motifs is 1. The fourth-order valence-electron chi connectivity index (χ4n) is 3.30. The molecule has 3 aromatic carbocycles. The van der Waals surface area contributed by atoms with E-state index in [0.717, 1.165) is 4.31 Å². The number of ether oxygens (including phenoxy) is 2. The number of carbonyl (C=O) groups is 1. The summed E-state index contributed by atoms with van der Waals surface area (Å²) in [6.45, 7) is 0.420. The first-order valence-corrected chi connectivity index (χ1v) is 12.2. The zero-order valence-electron chi connectivity index (χ0n) is 17.3. The second-order valence-corrected chi connectivity index (χ2v) is 10.1. The molecular weight excluding hydrogens is 487 g/mol. The van der Waals surface area contributed by atoms with Gasteiger partial charge in [0.1, 0.15) is 13.2 Å². The fourth-order valence-corrected chi connectivity index (χ4v) is 5.03. The lowest BCUT2D eigenvalue weighted by Crippen LogP contribution is -2.37. The van der Waals surface area contributed by atoms with Crippen molar-refractivity contribution in [3.63, 3.8) is 0 Å². The van der Waals surface area contributed by atoms with Crippen LogP contribution in [0.2, 0.25) is 10.0 Å². The van der Waals surface area contributed by atoms with Gasteiger partial charge >= 0.3 is 0 Å². The number of hydrogen-bond acceptors (Lipinski definition) is 5. The van der Waals surface area contributed by atoms with Crippen molar-refractivity contribution >= 4 is 44.8 Å². The number of carbonyl (C=O) groups excluding carboxylic acids is 1. The Hall–Kier alpha value is -2.78.